The molecule has 4 rings (SSSR count). The molecule has 174 valence electrons. The van der Waals surface area contributed by atoms with Crippen LogP contribution in [0.3, 0.4) is 0 Å². The molecule has 0 saturated carbocycles. The highest BCUT2D eigenvalue weighted by molar-refractivity contribution is 6.26. The molecule has 0 aliphatic carbocycles. The Kier molecular flexibility index (Phi) is 7.27. The quantitative estimate of drug-likeness (QED) is 0.504. The third-order valence-electron chi connectivity index (χ3n) is 6.57. The molecule has 0 spiro atoms. The van der Waals surface area contributed by atoms with Gasteiger partial charge in [-0.3, -0.25) is 24.6 Å². The van der Waals surface area contributed by atoms with Crippen molar-refractivity contribution < 1.29 is 18.8 Å². The Bertz CT molecular complexity index is 871. The number of rotatable bonds is 5. The molecule has 1 aromatic carbocycles. The number of anilines is 1. The van der Waals surface area contributed by atoms with Gasteiger partial charge >= 0.3 is 0 Å². The van der Waals surface area contributed by atoms with E-state index in [4.69, 9.17) is 11.8 Å². The minimum atomic E-state index is -1.01. The fourth-order valence-corrected chi connectivity index (χ4v) is 4.92. The summed E-state index contributed by atoms with van der Waals surface area (Å²) in [5.74, 6) is -1.79. The number of halogens is 2. The lowest BCUT2D eigenvalue weighted by molar-refractivity contribution is -0.135. The number of benzene rings is 1. The van der Waals surface area contributed by atoms with Gasteiger partial charge in [-0.05, 0) is 56.5 Å². The highest BCUT2D eigenvalue weighted by atomic mass is 35.5. The fraction of sp³-hybridized carbons (Fsp3) is 0.591. The molecular weight excluding hydrogens is 437 g/mol. The molecule has 2 N–H and O–H groups in total. The largest absolute Gasteiger partial charge is 0.369 e. The average molecular weight is 466 g/mol. The predicted octanol–water partition coefficient (Wildman–Crippen LogP) is 1.35. The first kappa shape index (κ1) is 22.9. The molecule has 3 saturated heterocycles. The number of piperazine rings is 1. The fourth-order valence-electron chi connectivity index (χ4n) is 4.65. The van der Waals surface area contributed by atoms with Crippen LogP contribution >= 0.6 is 11.8 Å². The number of nitrogens with one attached hydrogen (secondary N) is 2. The van der Waals surface area contributed by atoms with Crippen molar-refractivity contribution in [2.45, 2.75) is 31.7 Å². The molecule has 0 unspecified atom stereocenters. The van der Waals surface area contributed by atoms with Crippen molar-refractivity contribution in [1.29, 1.82) is 0 Å². The smallest absolute Gasteiger partial charge is 0.271 e. The number of amides is 3. The number of hydrogen-bond donors (Lipinski definition) is 2. The third-order valence-corrected chi connectivity index (χ3v) is 6.96. The van der Waals surface area contributed by atoms with Crippen LogP contribution in [0.25, 0.3) is 0 Å². The first-order chi connectivity index (χ1) is 15.4. The van der Waals surface area contributed by atoms with Crippen molar-refractivity contribution in [1.82, 2.24) is 20.0 Å². The second-order valence-electron chi connectivity index (χ2n) is 8.73. The maximum absolute atomic E-state index is 14.8. The number of carbonyl (C=O) groups excluding carboxylic acids is 3. The highest BCUT2D eigenvalue weighted by Gasteiger charge is 2.35. The molecule has 0 radical (unpaired) electrons. The molecule has 3 amide bonds. The number of imide groups is 1. The zero-order chi connectivity index (χ0) is 22.7. The van der Waals surface area contributed by atoms with Crippen molar-refractivity contribution in [3.05, 3.63) is 29.6 Å². The van der Waals surface area contributed by atoms with Gasteiger partial charge in [-0.15, -0.1) is 0 Å². The van der Waals surface area contributed by atoms with Crippen LogP contribution in [0.4, 0.5) is 10.1 Å². The van der Waals surface area contributed by atoms with E-state index in [-0.39, 0.29) is 18.4 Å². The Morgan fingerprint density at radius 3 is 2.50 bits per heavy atom. The summed E-state index contributed by atoms with van der Waals surface area (Å²) in [6, 6.07) is 3.48. The zero-order valence-corrected chi connectivity index (χ0v) is 18.7. The molecule has 0 aromatic heterocycles. The second-order valence-corrected chi connectivity index (χ2v) is 9.09. The van der Waals surface area contributed by atoms with Gasteiger partial charge in [0.15, 0.2) is 0 Å². The van der Waals surface area contributed by atoms with E-state index in [0.29, 0.717) is 4.42 Å². The molecule has 1 atom stereocenters. The Hall–Kier alpha value is -2.23. The zero-order valence-electron chi connectivity index (χ0n) is 18.0. The van der Waals surface area contributed by atoms with Crippen molar-refractivity contribution >= 4 is 35.2 Å². The summed E-state index contributed by atoms with van der Waals surface area (Å²) in [4.78, 5) is 40.5. The van der Waals surface area contributed by atoms with Crippen molar-refractivity contribution in [3.8, 4) is 0 Å². The maximum atomic E-state index is 14.8. The van der Waals surface area contributed by atoms with E-state index in [1.54, 1.807) is 6.07 Å². The summed E-state index contributed by atoms with van der Waals surface area (Å²) in [6.45, 7) is 6.76. The molecule has 3 fully saturated rings. The van der Waals surface area contributed by atoms with Crippen LogP contribution in [0.15, 0.2) is 18.2 Å². The molecule has 3 aliphatic rings. The number of nitrogens with zero attached hydrogens (tertiary/aromatic N) is 3. The van der Waals surface area contributed by atoms with Crippen LogP contribution in [0, 0.1) is 11.7 Å². The number of hydrogen-bond acceptors (Lipinski definition) is 6. The molecule has 32 heavy (non-hydrogen) atoms. The van der Waals surface area contributed by atoms with E-state index in [9.17, 15) is 18.8 Å². The molecule has 3 aliphatic heterocycles. The molecule has 3 heterocycles. The lowest BCUT2D eigenvalue weighted by Gasteiger charge is -2.38. The van der Waals surface area contributed by atoms with E-state index >= 15 is 0 Å². The predicted molar refractivity (Wildman–Crippen MR) is 119 cm³/mol. The SMILES string of the molecule is O=C1CC[C@@H](N(Cl)C(=O)c2ccc(N3CCN(CC4CCNCC4)CC3)cc2F)C(=O)N1. The van der Waals surface area contributed by atoms with Gasteiger partial charge in [0, 0.05) is 56.6 Å². The number of carbonyl (C=O) groups is 3. The lowest BCUT2D eigenvalue weighted by Crippen LogP contribution is -2.51. The molecule has 10 heteroatoms. The molecular formula is C22H29ClFN5O3. The average Bonchev–Trinajstić information content (AvgIpc) is 2.79. The summed E-state index contributed by atoms with van der Waals surface area (Å²) >= 11 is 6.07. The van der Waals surface area contributed by atoms with E-state index in [1.165, 1.54) is 25.0 Å². The summed E-state index contributed by atoms with van der Waals surface area (Å²) in [6.07, 6.45) is 2.63. The summed E-state index contributed by atoms with van der Waals surface area (Å²) in [7, 11) is 0. The summed E-state index contributed by atoms with van der Waals surface area (Å²) < 4.78 is 15.5. The normalized spacial score (nSPS) is 23.2. The van der Waals surface area contributed by atoms with Crippen LogP contribution in [0.1, 0.15) is 36.0 Å². The van der Waals surface area contributed by atoms with E-state index < -0.39 is 29.6 Å². The Labute approximate surface area is 192 Å². The monoisotopic (exact) mass is 465 g/mol. The van der Waals surface area contributed by atoms with Crippen molar-refractivity contribution in [3.63, 3.8) is 0 Å². The van der Waals surface area contributed by atoms with Crippen LogP contribution < -0.4 is 15.5 Å². The Morgan fingerprint density at radius 1 is 1.12 bits per heavy atom. The van der Waals surface area contributed by atoms with Gasteiger partial charge in [-0.25, -0.2) is 8.81 Å². The minimum absolute atomic E-state index is 0.0813. The van der Waals surface area contributed by atoms with Gasteiger partial charge in [-0.2, -0.15) is 0 Å². The molecule has 0 bridgehead atoms. The maximum Gasteiger partial charge on any atom is 0.271 e. The van der Waals surface area contributed by atoms with Gasteiger partial charge in [0.05, 0.1) is 5.56 Å². The van der Waals surface area contributed by atoms with Crippen molar-refractivity contribution in [2.24, 2.45) is 5.92 Å². The standard InChI is InChI=1S/C22H29ClFN5O3/c23-29(19-3-4-20(30)26-21(19)31)22(32)17-2-1-16(13-18(17)24)28-11-9-27(10-12-28)14-15-5-7-25-8-6-15/h1-2,13,15,19,25H,3-12,14H2,(H,26,30,31)/t19-/m1/s1. The van der Waals surface area contributed by atoms with E-state index in [0.717, 1.165) is 57.4 Å². The Morgan fingerprint density at radius 2 is 1.84 bits per heavy atom. The first-order valence-corrected chi connectivity index (χ1v) is 11.6. The summed E-state index contributed by atoms with van der Waals surface area (Å²) in [5, 5.41) is 5.55. The topological polar surface area (TPSA) is 85.0 Å². The van der Waals surface area contributed by atoms with E-state index in [1.807, 2.05) is 0 Å². The molecule has 1 aromatic rings. The van der Waals surface area contributed by atoms with Gasteiger partial charge in [0.25, 0.3) is 11.8 Å². The van der Waals surface area contributed by atoms with E-state index in [2.05, 4.69) is 20.4 Å². The van der Waals surface area contributed by atoms with Crippen LogP contribution in [-0.2, 0) is 9.59 Å². The molecule has 8 nitrogen and oxygen atoms in total. The lowest BCUT2D eigenvalue weighted by atomic mass is 9.97. The number of piperidine rings is 2. The van der Waals surface area contributed by atoms with Crippen LogP contribution in [0.5, 0.6) is 0 Å². The second kappa shape index (κ2) is 10.1. The van der Waals surface area contributed by atoms with Gasteiger partial charge < -0.3 is 10.2 Å². The minimum Gasteiger partial charge on any atom is -0.369 e. The first-order valence-electron chi connectivity index (χ1n) is 11.2. The third kappa shape index (κ3) is 5.22. The van der Waals surface area contributed by atoms with Gasteiger partial charge in [-0.1, -0.05) is 0 Å². The Balaban J connectivity index is 1.34. The van der Waals surface area contributed by atoms with Crippen molar-refractivity contribution in [2.75, 3.05) is 50.7 Å². The van der Waals surface area contributed by atoms with Gasteiger partial charge in [0.1, 0.15) is 11.9 Å². The van der Waals surface area contributed by atoms with Gasteiger partial charge in [0.2, 0.25) is 5.91 Å². The van der Waals surface area contributed by atoms with Crippen LogP contribution in [-0.4, -0.2) is 78.9 Å². The summed E-state index contributed by atoms with van der Waals surface area (Å²) in [5.41, 5.74) is 0.528. The highest BCUT2D eigenvalue weighted by Crippen LogP contribution is 2.24. The van der Waals surface area contributed by atoms with Crippen LogP contribution in [0.2, 0.25) is 0 Å².